The summed E-state index contributed by atoms with van der Waals surface area (Å²) in [6, 6.07) is 6.01. The molecule has 0 saturated heterocycles. The van der Waals surface area contributed by atoms with Gasteiger partial charge < -0.3 is 10.0 Å². The fourth-order valence-corrected chi connectivity index (χ4v) is 2.50. The number of para-hydroxylation sites is 1. The number of carboxylic acid groups (broad SMARTS) is 1. The standard InChI is InChI=1S/C13H17NO2/c1-3-5-9-6-4-7-10-11(13(15)16)8-14(2)12(9)10/h4,6-7,11H,3,5,8H2,1-2H3,(H,15,16). The lowest BCUT2D eigenvalue weighted by atomic mass is 9.97. The number of benzene rings is 1. The summed E-state index contributed by atoms with van der Waals surface area (Å²) < 4.78 is 0. The van der Waals surface area contributed by atoms with Crippen molar-refractivity contribution in [3.63, 3.8) is 0 Å². The van der Waals surface area contributed by atoms with Crippen LogP contribution in [-0.2, 0) is 11.2 Å². The van der Waals surface area contributed by atoms with Crippen LogP contribution < -0.4 is 4.90 Å². The van der Waals surface area contributed by atoms with Gasteiger partial charge in [0.1, 0.15) is 5.92 Å². The molecule has 0 spiro atoms. The Kier molecular flexibility index (Phi) is 2.86. The van der Waals surface area contributed by atoms with Crippen molar-refractivity contribution in [3.8, 4) is 0 Å². The molecule has 3 heteroatoms. The number of carbonyl (C=O) groups is 1. The van der Waals surface area contributed by atoms with E-state index in [1.165, 1.54) is 5.56 Å². The maximum Gasteiger partial charge on any atom is 0.312 e. The molecule has 0 saturated carbocycles. The van der Waals surface area contributed by atoms with E-state index in [4.69, 9.17) is 0 Å². The van der Waals surface area contributed by atoms with Crippen molar-refractivity contribution in [2.24, 2.45) is 0 Å². The summed E-state index contributed by atoms with van der Waals surface area (Å²) in [6.45, 7) is 2.73. The molecule has 3 nitrogen and oxygen atoms in total. The highest BCUT2D eigenvalue weighted by atomic mass is 16.4. The molecular formula is C13H17NO2. The van der Waals surface area contributed by atoms with E-state index in [0.29, 0.717) is 6.54 Å². The van der Waals surface area contributed by atoms with Gasteiger partial charge in [-0.2, -0.15) is 0 Å². The lowest BCUT2D eigenvalue weighted by molar-refractivity contribution is -0.138. The fraction of sp³-hybridized carbons (Fsp3) is 0.462. The Morgan fingerprint density at radius 2 is 2.31 bits per heavy atom. The minimum atomic E-state index is -0.723. The summed E-state index contributed by atoms with van der Waals surface area (Å²) in [4.78, 5) is 13.2. The van der Waals surface area contributed by atoms with Gasteiger partial charge in [-0.05, 0) is 17.5 Å². The molecule has 0 amide bonds. The number of hydrogen-bond acceptors (Lipinski definition) is 2. The van der Waals surface area contributed by atoms with E-state index in [1.807, 2.05) is 19.2 Å². The molecular weight excluding hydrogens is 202 g/mol. The average Bonchev–Trinajstić information content (AvgIpc) is 2.58. The Hall–Kier alpha value is -1.51. The van der Waals surface area contributed by atoms with Crippen LogP contribution in [0.5, 0.6) is 0 Å². The van der Waals surface area contributed by atoms with Crippen LogP contribution in [0.4, 0.5) is 5.69 Å². The lowest BCUT2D eigenvalue weighted by Crippen LogP contribution is -2.20. The lowest BCUT2D eigenvalue weighted by Gasteiger charge is -2.16. The van der Waals surface area contributed by atoms with Crippen molar-refractivity contribution in [2.75, 3.05) is 18.5 Å². The summed E-state index contributed by atoms with van der Waals surface area (Å²) in [5, 5.41) is 9.17. The molecule has 0 radical (unpaired) electrons. The molecule has 2 rings (SSSR count). The van der Waals surface area contributed by atoms with Crippen LogP contribution >= 0.6 is 0 Å². The third-order valence-corrected chi connectivity index (χ3v) is 3.18. The number of carboxylic acids is 1. The van der Waals surface area contributed by atoms with Gasteiger partial charge in [0.2, 0.25) is 0 Å². The van der Waals surface area contributed by atoms with Crippen molar-refractivity contribution < 1.29 is 9.90 Å². The van der Waals surface area contributed by atoms with E-state index in [9.17, 15) is 9.90 Å². The van der Waals surface area contributed by atoms with E-state index in [0.717, 1.165) is 24.1 Å². The number of aliphatic carboxylic acids is 1. The van der Waals surface area contributed by atoms with Crippen LogP contribution in [0.15, 0.2) is 18.2 Å². The maximum atomic E-state index is 11.2. The van der Waals surface area contributed by atoms with E-state index < -0.39 is 5.97 Å². The zero-order valence-corrected chi connectivity index (χ0v) is 9.73. The Morgan fingerprint density at radius 1 is 1.56 bits per heavy atom. The molecule has 1 N–H and O–H groups in total. The molecule has 1 heterocycles. The predicted octanol–water partition coefficient (Wildman–Crippen LogP) is 2.26. The first-order chi connectivity index (χ1) is 7.65. The summed E-state index contributed by atoms with van der Waals surface area (Å²) in [6.07, 6.45) is 2.10. The largest absolute Gasteiger partial charge is 0.481 e. The van der Waals surface area contributed by atoms with Gasteiger partial charge in [0.25, 0.3) is 0 Å². The molecule has 0 aliphatic carbocycles. The first kappa shape index (κ1) is 11.0. The second-order valence-corrected chi connectivity index (χ2v) is 4.38. The molecule has 1 atom stereocenters. The minimum Gasteiger partial charge on any atom is -0.481 e. The van der Waals surface area contributed by atoms with Gasteiger partial charge in [0, 0.05) is 19.3 Å². The Morgan fingerprint density at radius 3 is 2.94 bits per heavy atom. The molecule has 0 fully saturated rings. The van der Waals surface area contributed by atoms with E-state index in [1.54, 1.807) is 0 Å². The van der Waals surface area contributed by atoms with Crippen LogP contribution in [0.2, 0.25) is 0 Å². The van der Waals surface area contributed by atoms with Crippen molar-refractivity contribution >= 4 is 11.7 Å². The van der Waals surface area contributed by atoms with Crippen molar-refractivity contribution in [3.05, 3.63) is 29.3 Å². The van der Waals surface area contributed by atoms with Gasteiger partial charge in [-0.15, -0.1) is 0 Å². The number of hydrogen-bond donors (Lipinski definition) is 1. The van der Waals surface area contributed by atoms with Crippen LogP contribution in [-0.4, -0.2) is 24.7 Å². The summed E-state index contributed by atoms with van der Waals surface area (Å²) in [5.41, 5.74) is 3.38. The molecule has 1 aliphatic rings. The average molecular weight is 219 g/mol. The number of fused-ring (bicyclic) bond motifs is 1. The van der Waals surface area contributed by atoms with E-state index in [2.05, 4.69) is 17.9 Å². The minimum absolute atomic E-state index is 0.364. The first-order valence-corrected chi connectivity index (χ1v) is 5.71. The zero-order valence-electron chi connectivity index (χ0n) is 9.73. The molecule has 86 valence electrons. The molecule has 1 aromatic rings. The molecule has 1 aromatic carbocycles. The second kappa shape index (κ2) is 4.16. The van der Waals surface area contributed by atoms with Gasteiger partial charge in [0.05, 0.1) is 0 Å². The van der Waals surface area contributed by atoms with E-state index in [-0.39, 0.29) is 5.92 Å². The Labute approximate surface area is 95.7 Å². The van der Waals surface area contributed by atoms with Crippen LogP contribution in [0.1, 0.15) is 30.4 Å². The molecule has 1 aliphatic heterocycles. The van der Waals surface area contributed by atoms with Crippen LogP contribution in [0.25, 0.3) is 0 Å². The zero-order chi connectivity index (χ0) is 11.7. The molecule has 1 unspecified atom stereocenters. The Balaban J connectivity index is 2.46. The quantitative estimate of drug-likeness (QED) is 0.847. The van der Waals surface area contributed by atoms with Gasteiger partial charge >= 0.3 is 5.97 Å². The number of nitrogens with zero attached hydrogens (tertiary/aromatic N) is 1. The highest BCUT2D eigenvalue weighted by molar-refractivity contribution is 5.83. The molecule has 0 aromatic heterocycles. The van der Waals surface area contributed by atoms with Crippen LogP contribution in [0.3, 0.4) is 0 Å². The highest BCUT2D eigenvalue weighted by Gasteiger charge is 2.32. The van der Waals surface area contributed by atoms with Gasteiger partial charge in [-0.25, -0.2) is 0 Å². The van der Waals surface area contributed by atoms with Crippen LogP contribution in [0, 0.1) is 0 Å². The van der Waals surface area contributed by atoms with Gasteiger partial charge in [-0.3, -0.25) is 4.79 Å². The maximum absolute atomic E-state index is 11.2. The predicted molar refractivity (Wildman–Crippen MR) is 64.1 cm³/mol. The summed E-state index contributed by atoms with van der Waals surface area (Å²) in [5.74, 6) is -1.09. The van der Waals surface area contributed by atoms with Crippen molar-refractivity contribution in [2.45, 2.75) is 25.7 Å². The summed E-state index contributed by atoms with van der Waals surface area (Å²) >= 11 is 0. The molecule has 16 heavy (non-hydrogen) atoms. The third-order valence-electron chi connectivity index (χ3n) is 3.18. The monoisotopic (exact) mass is 219 g/mol. The highest BCUT2D eigenvalue weighted by Crippen LogP contribution is 2.38. The normalized spacial score (nSPS) is 18.6. The summed E-state index contributed by atoms with van der Waals surface area (Å²) in [7, 11) is 1.97. The third kappa shape index (κ3) is 1.66. The first-order valence-electron chi connectivity index (χ1n) is 5.71. The van der Waals surface area contributed by atoms with Gasteiger partial charge in [-0.1, -0.05) is 31.5 Å². The van der Waals surface area contributed by atoms with Crippen molar-refractivity contribution in [1.82, 2.24) is 0 Å². The fourth-order valence-electron chi connectivity index (χ4n) is 2.50. The number of likely N-dealkylation sites (N-methyl/N-ethyl adjacent to an activating group) is 1. The number of anilines is 1. The second-order valence-electron chi connectivity index (χ2n) is 4.38. The number of rotatable bonds is 3. The van der Waals surface area contributed by atoms with E-state index >= 15 is 0 Å². The number of aryl methyl sites for hydroxylation is 1. The SMILES string of the molecule is CCCc1cccc2c1N(C)CC2C(=O)O. The van der Waals surface area contributed by atoms with Gasteiger partial charge in [0.15, 0.2) is 0 Å². The Bertz CT molecular complexity index is 414. The van der Waals surface area contributed by atoms with Crippen molar-refractivity contribution in [1.29, 1.82) is 0 Å². The molecule has 0 bridgehead atoms. The smallest absolute Gasteiger partial charge is 0.312 e. The topological polar surface area (TPSA) is 40.5 Å².